The van der Waals surface area contributed by atoms with Crippen LogP contribution in [-0.4, -0.2) is 41.5 Å². The van der Waals surface area contributed by atoms with Crippen molar-refractivity contribution in [1.29, 1.82) is 0 Å². The summed E-state index contributed by atoms with van der Waals surface area (Å²) in [6.45, 7) is 0.640. The lowest BCUT2D eigenvalue weighted by Crippen LogP contribution is -2.41. The smallest absolute Gasteiger partial charge is 0.309 e. The van der Waals surface area contributed by atoms with E-state index in [9.17, 15) is 26.4 Å². The number of amides is 1. The number of piperidine rings is 1. The number of carbonyl (C=O) groups excluding carboxylic acids is 1. The van der Waals surface area contributed by atoms with Crippen LogP contribution in [0.25, 0.3) is 0 Å². The Hall–Kier alpha value is -3.18. The van der Waals surface area contributed by atoms with Gasteiger partial charge in [-0.3, -0.25) is 9.48 Å². The lowest BCUT2D eigenvalue weighted by Gasteiger charge is -2.30. The molecule has 7 nitrogen and oxygen atoms in total. The van der Waals surface area contributed by atoms with Crippen LogP contribution in [0.5, 0.6) is 0 Å². The van der Waals surface area contributed by atoms with E-state index in [0.717, 1.165) is 28.1 Å². The summed E-state index contributed by atoms with van der Waals surface area (Å²) >= 11 is 0. The van der Waals surface area contributed by atoms with Gasteiger partial charge in [0.15, 0.2) is 5.82 Å². The first-order chi connectivity index (χ1) is 16.1. The monoisotopic (exact) mass is 492 g/mol. The number of hydrogen-bond donors (Lipinski definition) is 1. The Kier molecular flexibility index (Phi) is 6.76. The van der Waals surface area contributed by atoms with Crippen LogP contribution in [0, 0.1) is 5.92 Å². The fourth-order valence-electron chi connectivity index (χ4n) is 3.86. The maximum atomic E-state index is 13.0. The highest BCUT2D eigenvalue weighted by Crippen LogP contribution is 2.32. The average Bonchev–Trinajstić information content (AvgIpc) is 3.26. The van der Waals surface area contributed by atoms with Gasteiger partial charge in [-0.05, 0) is 36.6 Å². The summed E-state index contributed by atoms with van der Waals surface area (Å²) in [5, 5.41) is 7.11. The van der Waals surface area contributed by atoms with E-state index < -0.39 is 32.6 Å². The standard InChI is InChI=1S/C23H23F3N4O3S/c24-23(25,26)19-7-4-8-20(15-19)34(32,33)30-13-9-18(10-14-30)22(31)27-21-11-12-29(28-21)16-17-5-2-1-3-6-17/h1-8,11-12,15,18H,9-10,13-14,16H2,(H,27,28,31). The molecule has 0 bridgehead atoms. The molecule has 0 spiro atoms. The zero-order valence-electron chi connectivity index (χ0n) is 18.1. The van der Waals surface area contributed by atoms with Gasteiger partial charge in [0.25, 0.3) is 0 Å². The van der Waals surface area contributed by atoms with E-state index in [4.69, 9.17) is 0 Å². The van der Waals surface area contributed by atoms with Gasteiger partial charge in [0.1, 0.15) is 0 Å². The van der Waals surface area contributed by atoms with Crippen LogP contribution >= 0.6 is 0 Å². The molecule has 0 unspecified atom stereocenters. The third kappa shape index (κ3) is 5.48. The number of rotatable bonds is 6. The van der Waals surface area contributed by atoms with Crippen molar-refractivity contribution in [3.8, 4) is 0 Å². The first kappa shape index (κ1) is 24.0. The van der Waals surface area contributed by atoms with Crippen molar-refractivity contribution in [1.82, 2.24) is 14.1 Å². The van der Waals surface area contributed by atoms with E-state index in [2.05, 4.69) is 10.4 Å². The van der Waals surface area contributed by atoms with Crippen LogP contribution in [0.3, 0.4) is 0 Å². The van der Waals surface area contributed by atoms with Crippen molar-refractivity contribution in [2.24, 2.45) is 5.92 Å². The summed E-state index contributed by atoms with van der Waals surface area (Å²) < 4.78 is 67.4. The number of anilines is 1. The van der Waals surface area contributed by atoms with Crippen molar-refractivity contribution in [2.45, 2.75) is 30.5 Å². The number of aromatic nitrogens is 2. The number of alkyl halides is 3. The van der Waals surface area contributed by atoms with Crippen LogP contribution < -0.4 is 5.32 Å². The minimum Gasteiger partial charge on any atom is -0.309 e. The highest BCUT2D eigenvalue weighted by Gasteiger charge is 2.35. The number of carbonyl (C=O) groups is 1. The molecule has 2 aromatic carbocycles. The zero-order chi connectivity index (χ0) is 24.3. The highest BCUT2D eigenvalue weighted by atomic mass is 32.2. The predicted molar refractivity (Wildman–Crippen MR) is 119 cm³/mol. The quantitative estimate of drug-likeness (QED) is 0.564. The molecule has 1 amide bonds. The summed E-state index contributed by atoms with van der Waals surface area (Å²) in [5.41, 5.74) is 0.0485. The van der Waals surface area contributed by atoms with Crippen molar-refractivity contribution in [3.05, 3.63) is 78.0 Å². The summed E-state index contributed by atoms with van der Waals surface area (Å²) in [6.07, 6.45) is -2.36. The first-order valence-corrected chi connectivity index (χ1v) is 12.1. The second-order valence-electron chi connectivity index (χ2n) is 8.08. The maximum Gasteiger partial charge on any atom is 0.416 e. The molecule has 34 heavy (non-hydrogen) atoms. The molecule has 11 heteroatoms. The first-order valence-electron chi connectivity index (χ1n) is 10.7. The molecule has 0 atom stereocenters. The van der Waals surface area contributed by atoms with Crippen molar-refractivity contribution >= 4 is 21.7 Å². The summed E-state index contributed by atoms with van der Waals surface area (Å²) in [4.78, 5) is 12.3. The zero-order valence-corrected chi connectivity index (χ0v) is 18.9. The van der Waals surface area contributed by atoms with Crippen molar-refractivity contribution in [2.75, 3.05) is 18.4 Å². The Labute approximate surface area is 195 Å². The molecule has 1 aliphatic heterocycles. The molecular formula is C23H23F3N4O3S. The predicted octanol–water partition coefficient (Wildman–Crippen LogP) is 3.99. The number of nitrogens with one attached hydrogen (secondary N) is 1. The summed E-state index contributed by atoms with van der Waals surface area (Å²) in [5.74, 6) is -0.284. The normalized spacial score (nSPS) is 15.9. The molecular weight excluding hydrogens is 469 g/mol. The molecule has 1 fully saturated rings. The lowest BCUT2D eigenvalue weighted by molar-refractivity contribution is -0.137. The Bertz CT molecular complexity index is 1250. The topological polar surface area (TPSA) is 84.3 Å². The fraction of sp³-hybridized carbons (Fsp3) is 0.304. The van der Waals surface area contributed by atoms with Crippen LogP contribution in [0.2, 0.25) is 0 Å². The minimum atomic E-state index is -4.63. The van der Waals surface area contributed by atoms with Gasteiger partial charge >= 0.3 is 6.18 Å². The van der Waals surface area contributed by atoms with E-state index in [0.29, 0.717) is 18.4 Å². The largest absolute Gasteiger partial charge is 0.416 e. The van der Waals surface area contributed by atoms with Crippen molar-refractivity contribution in [3.63, 3.8) is 0 Å². The third-order valence-electron chi connectivity index (χ3n) is 5.70. The molecule has 0 aliphatic carbocycles. The van der Waals surface area contributed by atoms with Crippen LogP contribution in [0.15, 0.2) is 71.8 Å². The van der Waals surface area contributed by atoms with E-state index in [1.54, 1.807) is 16.9 Å². The Balaban J connectivity index is 1.34. The van der Waals surface area contributed by atoms with Crippen LogP contribution in [-0.2, 0) is 27.5 Å². The summed E-state index contributed by atoms with van der Waals surface area (Å²) in [6, 6.07) is 15.1. The molecule has 0 saturated carbocycles. The molecule has 180 valence electrons. The van der Waals surface area contributed by atoms with Gasteiger partial charge < -0.3 is 5.32 Å². The molecule has 1 aliphatic rings. The van der Waals surface area contributed by atoms with Crippen LogP contribution in [0.1, 0.15) is 24.0 Å². The van der Waals surface area contributed by atoms with E-state index >= 15 is 0 Å². The van der Waals surface area contributed by atoms with Gasteiger partial charge in [-0.2, -0.15) is 22.6 Å². The van der Waals surface area contributed by atoms with Gasteiger partial charge in [0.2, 0.25) is 15.9 Å². The van der Waals surface area contributed by atoms with E-state index in [1.165, 1.54) is 0 Å². The second kappa shape index (κ2) is 9.59. The lowest BCUT2D eigenvalue weighted by atomic mass is 9.97. The molecule has 1 N–H and O–H groups in total. The number of halogens is 3. The molecule has 4 rings (SSSR count). The molecule has 0 radical (unpaired) electrons. The number of sulfonamides is 1. The number of hydrogen-bond acceptors (Lipinski definition) is 4. The number of benzene rings is 2. The molecule has 3 aromatic rings. The second-order valence-corrected chi connectivity index (χ2v) is 10.0. The SMILES string of the molecule is O=C(Nc1ccn(Cc2ccccc2)n1)C1CCN(S(=O)(=O)c2cccc(C(F)(F)F)c2)CC1. The average molecular weight is 493 g/mol. The van der Waals surface area contributed by atoms with E-state index in [1.807, 2.05) is 30.3 Å². The van der Waals surface area contributed by atoms with Gasteiger partial charge in [-0.1, -0.05) is 36.4 Å². The molecule has 2 heterocycles. The fourth-order valence-corrected chi connectivity index (χ4v) is 5.37. The Morgan fingerprint density at radius 2 is 1.74 bits per heavy atom. The van der Waals surface area contributed by atoms with Crippen LogP contribution in [0.4, 0.5) is 19.0 Å². The van der Waals surface area contributed by atoms with Gasteiger partial charge in [0, 0.05) is 31.3 Å². The van der Waals surface area contributed by atoms with Gasteiger partial charge in [-0.15, -0.1) is 0 Å². The van der Waals surface area contributed by atoms with Crippen molar-refractivity contribution < 1.29 is 26.4 Å². The third-order valence-corrected chi connectivity index (χ3v) is 7.60. The van der Waals surface area contributed by atoms with Gasteiger partial charge in [-0.25, -0.2) is 8.42 Å². The minimum absolute atomic E-state index is 0.0408. The van der Waals surface area contributed by atoms with E-state index in [-0.39, 0.29) is 31.8 Å². The Morgan fingerprint density at radius 3 is 2.41 bits per heavy atom. The highest BCUT2D eigenvalue weighted by molar-refractivity contribution is 7.89. The molecule has 1 aromatic heterocycles. The van der Waals surface area contributed by atoms with Gasteiger partial charge in [0.05, 0.1) is 17.0 Å². The number of nitrogens with zero attached hydrogens (tertiary/aromatic N) is 3. The Morgan fingerprint density at radius 1 is 1.03 bits per heavy atom. The molecule has 1 saturated heterocycles. The maximum absolute atomic E-state index is 13.0. The summed E-state index contributed by atoms with van der Waals surface area (Å²) in [7, 11) is -4.09.